The number of benzene rings is 3. The number of rotatable bonds is 8. The van der Waals surface area contributed by atoms with Crippen LogP contribution in [0.2, 0.25) is 0 Å². The molecule has 0 aliphatic rings. The van der Waals surface area contributed by atoms with Crippen molar-refractivity contribution in [3.8, 4) is 5.75 Å². The van der Waals surface area contributed by atoms with E-state index in [4.69, 9.17) is 9.47 Å². The van der Waals surface area contributed by atoms with E-state index in [-0.39, 0.29) is 16.0 Å². The summed E-state index contributed by atoms with van der Waals surface area (Å²) in [6, 6.07) is 14.1. The highest BCUT2D eigenvalue weighted by Crippen LogP contribution is 2.25. The monoisotopic (exact) mass is 475 g/mol. The maximum Gasteiger partial charge on any atom is 0.338 e. The van der Waals surface area contributed by atoms with Crippen LogP contribution in [0.25, 0.3) is 0 Å². The zero-order valence-electron chi connectivity index (χ0n) is 17.6. The second kappa shape index (κ2) is 9.78. The maximum absolute atomic E-state index is 13.3. The molecular formula is C23H19F2NO6S. The number of esters is 1. The number of hydrogen-bond donors (Lipinski definition) is 0. The Bertz CT molecular complexity index is 1290. The molecule has 0 saturated carbocycles. The van der Waals surface area contributed by atoms with Crippen LogP contribution in [0.5, 0.6) is 5.75 Å². The molecule has 0 aliphatic heterocycles. The van der Waals surface area contributed by atoms with Crippen molar-refractivity contribution in [3.05, 3.63) is 89.5 Å². The van der Waals surface area contributed by atoms with Crippen molar-refractivity contribution in [1.82, 2.24) is 0 Å². The number of Topliss-reactive ketones (excluding diaryl/α,β-unsaturated/α-hetero) is 1. The van der Waals surface area contributed by atoms with E-state index < -0.39 is 40.0 Å². The van der Waals surface area contributed by atoms with Gasteiger partial charge in [0.15, 0.2) is 24.0 Å². The number of halogens is 2. The molecule has 0 aromatic heterocycles. The number of ether oxygens (including phenoxy) is 2. The fourth-order valence-electron chi connectivity index (χ4n) is 2.84. The van der Waals surface area contributed by atoms with Gasteiger partial charge in [-0.1, -0.05) is 6.07 Å². The van der Waals surface area contributed by atoms with Crippen LogP contribution in [-0.2, 0) is 14.8 Å². The molecule has 7 nitrogen and oxygen atoms in total. The highest BCUT2D eigenvalue weighted by molar-refractivity contribution is 7.92. The largest absolute Gasteiger partial charge is 0.497 e. The Hall–Kier alpha value is -3.79. The molecule has 10 heteroatoms. The first-order valence-corrected chi connectivity index (χ1v) is 11.0. The summed E-state index contributed by atoms with van der Waals surface area (Å²) in [6.07, 6.45) is 0. The van der Waals surface area contributed by atoms with Crippen LogP contribution < -0.4 is 9.04 Å². The first-order valence-electron chi connectivity index (χ1n) is 9.52. The molecule has 0 radical (unpaired) electrons. The average Bonchev–Trinajstić information content (AvgIpc) is 2.83. The van der Waals surface area contributed by atoms with Gasteiger partial charge in [0.05, 0.1) is 23.3 Å². The van der Waals surface area contributed by atoms with Crippen molar-refractivity contribution >= 4 is 27.5 Å². The number of carbonyl (C=O) groups is 2. The molecule has 0 heterocycles. The summed E-state index contributed by atoms with van der Waals surface area (Å²) in [5, 5.41) is 0. The van der Waals surface area contributed by atoms with Gasteiger partial charge in [-0.15, -0.1) is 0 Å². The second-order valence-electron chi connectivity index (χ2n) is 6.83. The van der Waals surface area contributed by atoms with Crippen LogP contribution in [-0.4, -0.2) is 40.9 Å². The van der Waals surface area contributed by atoms with E-state index in [0.29, 0.717) is 17.5 Å². The maximum atomic E-state index is 13.3. The van der Waals surface area contributed by atoms with Gasteiger partial charge in [0, 0.05) is 12.6 Å². The number of hydrogen-bond acceptors (Lipinski definition) is 6. The summed E-state index contributed by atoms with van der Waals surface area (Å²) < 4.78 is 63.3. The van der Waals surface area contributed by atoms with Gasteiger partial charge in [-0.3, -0.25) is 9.10 Å². The van der Waals surface area contributed by atoms with E-state index in [1.807, 2.05) is 0 Å². The molecule has 0 unspecified atom stereocenters. The number of anilines is 1. The van der Waals surface area contributed by atoms with Crippen LogP contribution in [0.4, 0.5) is 14.5 Å². The van der Waals surface area contributed by atoms with Gasteiger partial charge in [0.1, 0.15) is 5.75 Å². The van der Waals surface area contributed by atoms with Gasteiger partial charge in [-0.05, 0) is 60.7 Å². The standard InChI is InChI=1S/C23H19F2NO6S/c1-26(17-7-9-18(31-2)10-8-17)33(29,30)19-5-3-4-16(12-19)23(28)32-14-22(27)15-6-11-20(24)21(25)13-15/h3-13H,14H2,1-2H3. The van der Waals surface area contributed by atoms with E-state index in [9.17, 15) is 26.8 Å². The van der Waals surface area contributed by atoms with Gasteiger partial charge in [0.25, 0.3) is 10.0 Å². The SMILES string of the molecule is COc1ccc(N(C)S(=O)(=O)c2cccc(C(=O)OCC(=O)c3ccc(F)c(F)c3)c2)cc1. The number of nitrogens with zero attached hydrogens (tertiary/aromatic N) is 1. The molecule has 0 spiro atoms. The highest BCUT2D eigenvalue weighted by atomic mass is 32.2. The molecular weight excluding hydrogens is 456 g/mol. The zero-order chi connectivity index (χ0) is 24.2. The third-order valence-electron chi connectivity index (χ3n) is 4.74. The topological polar surface area (TPSA) is 90.0 Å². The molecule has 0 saturated heterocycles. The van der Waals surface area contributed by atoms with Gasteiger partial charge >= 0.3 is 5.97 Å². The van der Waals surface area contributed by atoms with Crippen molar-refractivity contribution < 1.29 is 36.3 Å². The molecule has 3 aromatic rings. The Balaban J connectivity index is 1.74. The lowest BCUT2D eigenvalue weighted by Gasteiger charge is -2.20. The van der Waals surface area contributed by atoms with Gasteiger partial charge in [0.2, 0.25) is 0 Å². The lowest BCUT2D eigenvalue weighted by molar-refractivity contribution is 0.0474. The van der Waals surface area contributed by atoms with Gasteiger partial charge < -0.3 is 9.47 Å². The zero-order valence-corrected chi connectivity index (χ0v) is 18.4. The Morgan fingerprint density at radius 2 is 1.61 bits per heavy atom. The molecule has 0 atom stereocenters. The lowest BCUT2D eigenvalue weighted by atomic mass is 10.1. The molecule has 0 bridgehead atoms. The van der Waals surface area contributed by atoms with Crippen LogP contribution in [0.15, 0.2) is 71.6 Å². The third-order valence-corrected chi connectivity index (χ3v) is 6.52. The lowest BCUT2D eigenvalue weighted by Crippen LogP contribution is -2.26. The fraction of sp³-hybridized carbons (Fsp3) is 0.130. The van der Waals surface area contributed by atoms with Gasteiger partial charge in [-0.2, -0.15) is 0 Å². The average molecular weight is 475 g/mol. The summed E-state index contributed by atoms with van der Waals surface area (Å²) in [5.41, 5.74) is 0.109. The van der Waals surface area contributed by atoms with E-state index in [1.165, 1.54) is 32.4 Å². The van der Waals surface area contributed by atoms with E-state index >= 15 is 0 Å². The quantitative estimate of drug-likeness (QED) is 0.363. The van der Waals surface area contributed by atoms with Gasteiger partial charge in [-0.25, -0.2) is 22.0 Å². The number of ketones is 1. The molecule has 0 amide bonds. The summed E-state index contributed by atoms with van der Waals surface area (Å²) in [5.74, 6) is -3.44. The predicted octanol–water partition coefficient (Wildman–Crippen LogP) is 3.84. The number of sulfonamides is 1. The number of carbonyl (C=O) groups excluding carboxylic acids is 2. The molecule has 0 fully saturated rings. The smallest absolute Gasteiger partial charge is 0.338 e. The second-order valence-corrected chi connectivity index (χ2v) is 8.80. The summed E-state index contributed by atoms with van der Waals surface area (Å²) in [6.45, 7) is -0.730. The van der Waals surface area contributed by atoms with Crippen molar-refractivity contribution in [2.24, 2.45) is 0 Å². The van der Waals surface area contributed by atoms with Crippen molar-refractivity contribution in [3.63, 3.8) is 0 Å². The van der Waals surface area contributed by atoms with Crippen LogP contribution in [0, 0.1) is 11.6 Å². The number of methoxy groups -OCH3 is 1. The third kappa shape index (κ3) is 5.35. The summed E-state index contributed by atoms with van der Waals surface area (Å²) >= 11 is 0. The Morgan fingerprint density at radius 1 is 0.909 bits per heavy atom. The van der Waals surface area contributed by atoms with Crippen LogP contribution >= 0.6 is 0 Å². The van der Waals surface area contributed by atoms with E-state index in [0.717, 1.165) is 22.5 Å². The van der Waals surface area contributed by atoms with Crippen molar-refractivity contribution in [1.29, 1.82) is 0 Å². The Kier molecular flexibility index (Phi) is 7.07. The normalized spacial score (nSPS) is 11.0. The molecule has 33 heavy (non-hydrogen) atoms. The minimum atomic E-state index is -4.01. The molecule has 0 aliphatic carbocycles. The van der Waals surface area contributed by atoms with Crippen LogP contribution in [0.1, 0.15) is 20.7 Å². The molecule has 172 valence electrons. The Morgan fingerprint density at radius 3 is 2.24 bits per heavy atom. The molecule has 0 N–H and O–H groups in total. The first-order chi connectivity index (χ1) is 15.6. The first kappa shape index (κ1) is 23.9. The highest BCUT2D eigenvalue weighted by Gasteiger charge is 2.23. The van der Waals surface area contributed by atoms with E-state index in [1.54, 1.807) is 24.3 Å². The minimum Gasteiger partial charge on any atom is -0.497 e. The Labute approximate surface area is 189 Å². The van der Waals surface area contributed by atoms with Crippen LogP contribution in [0.3, 0.4) is 0 Å². The molecule has 3 aromatic carbocycles. The van der Waals surface area contributed by atoms with E-state index in [2.05, 4.69) is 0 Å². The predicted molar refractivity (Wildman–Crippen MR) is 116 cm³/mol. The van der Waals surface area contributed by atoms with Crippen molar-refractivity contribution in [2.75, 3.05) is 25.1 Å². The summed E-state index contributed by atoms with van der Waals surface area (Å²) in [4.78, 5) is 24.3. The fourth-order valence-corrected chi connectivity index (χ4v) is 4.08. The molecule has 3 rings (SSSR count). The summed E-state index contributed by atoms with van der Waals surface area (Å²) in [7, 11) is -1.15. The minimum absolute atomic E-state index is 0.0997. The van der Waals surface area contributed by atoms with Crippen molar-refractivity contribution in [2.45, 2.75) is 4.90 Å².